The van der Waals surface area contributed by atoms with Crippen LogP contribution in [0.25, 0.3) is 0 Å². The Hall–Kier alpha value is -1.17. The van der Waals surface area contributed by atoms with Crippen LogP contribution < -0.4 is 4.90 Å². The Morgan fingerprint density at radius 1 is 1.50 bits per heavy atom. The molecule has 1 N–H and O–H groups in total. The number of halogens is 1. The van der Waals surface area contributed by atoms with E-state index in [0.29, 0.717) is 11.6 Å². The van der Waals surface area contributed by atoms with Gasteiger partial charge in [0.2, 0.25) is 0 Å². The molecular formula is C13H16ClNO. The van der Waals surface area contributed by atoms with Crippen LogP contribution >= 0.6 is 11.6 Å². The molecule has 0 radical (unpaired) electrons. The van der Waals surface area contributed by atoms with E-state index in [1.165, 1.54) is 0 Å². The van der Waals surface area contributed by atoms with Crippen molar-refractivity contribution >= 4 is 17.3 Å². The molecule has 0 fully saturated rings. The highest BCUT2D eigenvalue weighted by molar-refractivity contribution is 6.31. The Balaban J connectivity index is 3.08. The summed E-state index contributed by atoms with van der Waals surface area (Å²) in [6.07, 6.45) is 6.34. The molecular weight excluding hydrogens is 222 g/mol. The first kappa shape index (κ1) is 12.9. The van der Waals surface area contributed by atoms with Crippen molar-refractivity contribution in [3.63, 3.8) is 0 Å². The van der Waals surface area contributed by atoms with E-state index in [0.717, 1.165) is 24.2 Å². The maximum Gasteiger partial charge on any atom is 0.0791 e. The van der Waals surface area contributed by atoms with Crippen molar-refractivity contribution in [2.75, 3.05) is 18.0 Å². The van der Waals surface area contributed by atoms with Crippen LogP contribution in [0.5, 0.6) is 0 Å². The lowest BCUT2D eigenvalue weighted by Crippen LogP contribution is -2.25. The van der Waals surface area contributed by atoms with Gasteiger partial charge in [-0.25, -0.2) is 0 Å². The third-order valence-corrected chi connectivity index (χ3v) is 2.72. The number of benzene rings is 1. The van der Waals surface area contributed by atoms with E-state index in [1.807, 2.05) is 12.1 Å². The highest BCUT2D eigenvalue weighted by Gasteiger charge is 2.11. The topological polar surface area (TPSA) is 23.5 Å². The molecule has 0 spiro atoms. The van der Waals surface area contributed by atoms with Crippen LogP contribution in [0.15, 0.2) is 18.2 Å². The van der Waals surface area contributed by atoms with Gasteiger partial charge in [0, 0.05) is 22.8 Å². The zero-order chi connectivity index (χ0) is 12.0. The van der Waals surface area contributed by atoms with Crippen LogP contribution in [-0.4, -0.2) is 18.2 Å². The second kappa shape index (κ2) is 6.42. The third-order valence-electron chi connectivity index (χ3n) is 2.37. The Kier molecular flexibility index (Phi) is 5.18. The summed E-state index contributed by atoms with van der Waals surface area (Å²) in [4.78, 5) is 2.05. The second-order valence-corrected chi connectivity index (χ2v) is 3.93. The quantitative estimate of drug-likeness (QED) is 0.796. The molecule has 0 aliphatic heterocycles. The number of terminal acetylenes is 1. The molecule has 0 saturated carbocycles. The molecule has 1 aromatic rings. The normalized spacial score (nSPS) is 9.88. The SMILES string of the molecule is C#CCN(CCC)c1cccc(Cl)c1CO. The Morgan fingerprint density at radius 2 is 2.25 bits per heavy atom. The molecule has 16 heavy (non-hydrogen) atoms. The van der Waals surface area contributed by atoms with Crippen LogP contribution in [0.2, 0.25) is 5.02 Å². The highest BCUT2D eigenvalue weighted by Crippen LogP contribution is 2.27. The maximum absolute atomic E-state index is 9.32. The molecule has 0 atom stereocenters. The van der Waals surface area contributed by atoms with Gasteiger partial charge in [-0.1, -0.05) is 30.5 Å². The fraction of sp³-hybridized carbons (Fsp3) is 0.385. The van der Waals surface area contributed by atoms with Gasteiger partial charge >= 0.3 is 0 Å². The van der Waals surface area contributed by atoms with Crippen molar-refractivity contribution in [1.82, 2.24) is 0 Å². The minimum Gasteiger partial charge on any atom is -0.392 e. The van der Waals surface area contributed by atoms with E-state index >= 15 is 0 Å². The number of aliphatic hydroxyl groups excluding tert-OH is 1. The number of rotatable bonds is 5. The van der Waals surface area contributed by atoms with E-state index in [4.69, 9.17) is 18.0 Å². The summed E-state index contributed by atoms with van der Waals surface area (Å²) >= 11 is 6.04. The van der Waals surface area contributed by atoms with E-state index < -0.39 is 0 Å². The fourth-order valence-corrected chi connectivity index (χ4v) is 1.89. The molecule has 0 aliphatic rings. The summed E-state index contributed by atoms with van der Waals surface area (Å²) in [6.45, 7) is 3.41. The largest absolute Gasteiger partial charge is 0.392 e. The van der Waals surface area contributed by atoms with Gasteiger partial charge in [-0.2, -0.15) is 0 Å². The standard InChI is InChI=1S/C13H16ClNO/c1-3-8-15(9-4-2)13-7-5-6-12(14)11(13)10-16/h1,5-7,16H,4,8-10H2,2H3. The average Bonchev–Trinajstić information content (AvgIpc) is 2.28. The summed E-state index contributed by atoms with van der Waals surface area (Å²) < 4.78 is 0. The van der Waals surface area contributed by atoms with Crippen molar-refractivity contribution in [2.45, 2.75) is 20.0 Å². The number of anilines is 1. The van der Waals surface area contributed by atoms with Crippen molar-refractivity contribution in [3.05, 3.63) is 28.8 Å². The van der Waals surface area contributed by atoms with Crippen molar-refractivity contribution in [2.24, 2.45) is 0 Å². The van der Waals surface area contributed by atoms with E-state index in [9.17, 15) is 5.11 Å². The molecule has 0 saturated heterocycles. The summed E-state index contributed by atoms with van der Waals surface area (Å²) in [5.41, 5.74) is 1.67. The van der Waals surface area contributed by atoms with Crippen LogP contribution in [0.1, 0.15) is 18.9 Å². The predicted molar refractivity (Wildman–Crippen MR) is 68.7 cm³/mol. The summed E-state index contributed by atoms with van der Waals surface area (Å²) in [7, 11) is 0. The minimum atomic E-state index is -0.0697. The number of aliphatic hydroxyl groups is 1. The van der Waals surface area contributed by atoms with Crippen LogP contribution in [-0.2, 0) is 6.61 Å². The lowest BCUT2D eigenvalue weighted by atomic mass is 10.1. The van der Waals surface area contributed by atoms with Crippen molar-refractivity contribution in [1.29, 1.82) is 0 Å². The van der Waals surface area contributed by atoms with Crippen molar-refractivity contribution in [3.8, 4) is 12.3 Å². The van der Waals surface area contributed by atoms with Gasteiger partial charge in [0.05, 0.1) is 13.2 Å². The van der Waals surface area contributed by atoms with Gasteiger partial charge in [0.25, 0.3) is 0 Å². The second-order valence-electron chi connectivity index (χ2n) is 3.52. The fourth-order valence-electron chi connectivity index (χ4n) is 1.66. The van der Waals surface area contributed by atoms with Crippen LogP contribution in [0.3, 0.4) is 0 Å². The van der Waals surface area contributed by atoms with Gasteiger partial charge in [-0.3, -0.25) is 0 Å². The van der Waals surface area contributed by atoms with Gasteiger partial charge in [0.15, 0.2) is 0 Å². The van der Waals surface area contributed by atoms with E-state index in [2.05, 4.69) is 17.7 Å². The molecule has 0 amide bonds. The van der Waals surface area contributed by atoms with Gasteiger partial charge in [0.1, 0.15) is 0 Å². The monoisotopic (exact) mass is 237 g/mol. The first-order chi connectivity index (χ1) is 7.74. The number of hydrogen-bond acceptors (Lipinski definition) is 2. The number of nitrogens with zero attached hydrogens (tertiary/aromatic N) is 1. The molecule has 0 aliphatic carbocycles. The molecule has 1 aromatic carbocycles. The lowest BCUT2D eigenvalue weighted by Gasteiger charge is -2.24. The third kappa shape index (κ3) is 2.91. The first-order valence-electron chi connectivity index (χ1n) is 5.31. The zero-order valence-electron chi connectivity index (χ0n) is 9.41. The summed E-state index contributed by atoms with van der Waals surface area (Å²) in [5.74, 6) is 2.62. The smallest absolute Gasteiger partial charge is 0.0791 e. The summed E-state index contributed by atoms with van der Waals surface area (Å²) in [6, 6.07) is 5.58. The molecule has 0 bridgehead atoms. The summed E-state index contributed by atoms with van der Waals surface area (Å²) in [5, 5.41) is 9.90. The molecule has 86 valence electrons. The maximum atomic E-state index is 9.32. The minimum absolute atomic E-state index is 0.0697. The molecule has 1 rings (SSSR count). The predicted octanol–water partition coefficient (Wildman–Crippen LogP) is 2.68. The molecule has 0 aromatic heterocycles. The molecule has 3 heteroatoms. The first-order valence-corrected chi connectivity index (χ1v) is 5.69. The van der Waals surface area contributed by atoms with E-state index in [1.54, 1.807) is 6.07 Å². The van der Waals surface area contributed by atoms with Crippen molar-refractivity contribution < 1.29 is 5.11 Å². The number of hydrogen-bond donors (Lipinski definition) is 1. The molecule has 0 unspecified atom stereocenters. The molecule has 2 nitrogen and oxygen atoms in total. The highest BCUT2D eigenvalue weighted by atomic mass is 35.5. The Labute approximate surface area is 102 Å². The van der Waals surface area contributed by atoms with E-state index in [-0.39, 0.29) is 6.61 Å². The lowest BCUT2D eigenvalue weighted by molar-refractivity contribution is 0.282. The van der Waals surface area contributed by atoms with Gasteiger partial charge < -0.3 is 10.0 Å². The molecule has 0 heterocycles. The van der Waals surface area contributed by atoms with Gasteiger partial charge in [-0.15, -0.1) is 6.42 Å². The Bertz CT molecular complexity index is 384. The zero-order valence-corrected chi connectivity index (χ0v) is 10.2. The van der Waals surface area contributed by atoms with Crippen LogP contribution in [0.4, 0.5) is 5.69 Å². The van der Waals surface area contributed by atoms with Gasteiger partial charge in [-0.05, 0) is 18.6 Å². The Morgan fingerprint density at radius 3 is 2.81 bits per heavy atom. The van der Waals surface area contributed by atoms with Crippen LogP contribution in [0, 0.1) is 12.3 Å². The average molecular weight is 238 g/mol.